The quantitative estimate of drug-likeness (QED) is 0.499. The number of aromatic nitrogens is 1. The number of likely N-dealkylation sites (tertiary alicyclic amines) is 1. The molecular formula is C21H28F4N4O6S. The normalized spacial score (nSPS) is 18.2. The second kappa shape index (κ2) is 12.5. The Balaban J connectivity index is 0.000000572. The molecule has 36 heavy (non-hydrogen) atoms. The number of carboxylic acids is 1. The number of piperidine rings is 1. The molecule has 15 heteroatoms. The summed E-state index contributed by atoms with van der Waals surface area (Å²) in [7, 11) is -3.62. The molecule has 3 N–H and O–H groups in total. The Morgan fingerprint density at radius 2 is 1.81 bits per heavy atom. The molecule has 3 heterocycles. The summed E-state index contributed by atoms with van der Waals surface area (Å²) < 4.78 is 76.8. The third-order valence-corrected chi connectivity index (χ3v) is 7.81. The molecule has 2 aliphatic heterocycles. The Morgan fingerprint density at radius 3 is 2.22 bits per heavy atom. The van der Waals surface area contributed by atoms with Crippen molar-refractivity contribution in [3.8, 4) is 5.88 Å². The third kappa shape index (κ3) is 7.86. The first-order valence-corrected chi connectivity index (χ1v) is 12.4. The molecule has 0 atom stereocenters. The summed E-state index contributed by atoms with van der Waals surface area (Å²) in [6.45, 7) is 4.05. The number of carbonyl (C=O) groups is 2. The van der Waals surface area contributed by atoms with E-state index in [0.717, 1.165) is 25.9 Å². The van der Waals surface area contributed by atoms with Crippen molar-refractivity contribution in [1.82, 2.24) is 14.2 Å². The van der Waals surface area contributed by atoms with Crippen LogP contribution in [0.25, 0.3) is 0 Å². The first kappa shape index (κ1) is 29.5. The number of alkyl halides is 3. The van der Waals surface area contributed by atoms with Crippen molar-refractivity contribution in [2.75, 3.05) is 39.3 Å². The molecule has 10 nitrogen and oxygen atoms in total. The van der Waals surface area contributed by atoms with Gasteiger partial charge >= 0.3 is 12.1 Å². The van der Waals surface area contributed by atoms with E-state index >= 15 is 0 Å². The van der Waals surface area contributed by atoms with Crippen LogP contribution in [0.4, 0.5) is 17.6 Å². The largest absolute Gasteiger partial charge is 0.490 e. The van der Waals surface area contributed by atoms with Crippen molar-refractivity contribution in [3.63, 3.8) is 0 Å². The van der Waals surface area contributed by atoms with Crippen LogP contribution < -0.4 is 10.5 Å². The van der Waals surface area contributed by atoms with Crippen LogP contribution in [-0.4, -0.2) is 85.1 Å². The lowest BCUT2D eigenvalue weighted by Gasteiger charge is -2.45. The van der Waals surface area contributed by atoms with E-state index in [-0.39, 0.29) is 35.4 Å². The van der Waals surface area contributed by atoms with Crippen LogP contribution >= 0.6 is 0 Å². The number of hydrogen-bond acceptors (Lipinski definition) is 7. The smallest absolute Gasteiger partial charge is 0.475 e. The number of aliphatic carboxylic acids is 1. The molecule has 202 valence electrons. The van der Waals surface area contributed by atoms with Gasteiger partial charge in [-0.1, -0.05) is 0 Å². The molecule has 1 amide bonds. The summed E-state index contributed by atoms with van der Waals surface area (Å²) in [5.74, 6) is -1.53. The van der Waals surface area contributed by atoms with Gasteiger partial charge in [0.25, 0.3) is 0 Å². The number of carboxylic acid groups (broad SMARTS) is 1. The fraction of sp³-hybridized carbons (Fsp3) is 0.571. The zero-order valence-corrected chi connectivity index (χ0v) is 20.3. The van der Waals surface area contributed by atoms with Crippen molar-refractivity contribution in [1.29, 1.82) is 0 Å². The summed E-state index contributed by atoms with van der Waals surface area (Å²) in [5.41, 5.74) is 5.64. The van der Waals surface area contributed by atoms with Gasteiger partial charge < -0.3 is 20.5 Å². The number of ether oxygens (including phenoxy) is 1. The molecule has 0 aliphatic carbocycles. The Kier molecular flexibility index (Phi) is 10.2. The summed E-state index contributed by atoms with van der Waals surface area (Å²) in [5, 5.41) is 7.12. The lowest BCUT2D eigenvalue weighted by atomic mass is 9.80. The summed E-state index contributed by atoms with van der Waals surface area (Å²) >= 11 is 0. The SMILES string of the molecule is CC(=O)N1CC(C2CCN(S(=O)(=O)c3ccc(OC/C(=C/F)CN)nc3)CC2)C1.O=C(O)C(F)(F)F. The summed E-state index contributed by atoms with van der Waals surface area (Å²) in [4.78, 5) is 26.2. The van der Waals surface area contributed by atoms with E-state index in [0.29, 0.717) is 31.3 Å². The number of rotatable bonds is 7. The zero-order valence-electron chi connectivity index (χ0n) is 19.4. The summed E-state index contributed by atoms with van der Waals surface area (Å²) in [6.07, 6.45) is -1.85. The Hall–Kier alpha value is -2.78. The maximum Gasteiger partial charge on any atom is 0.490 e. The molecule has 3 rings (SSSR count). The van der Waals surface area contributed by atoms with Gasteiger partial charge in [-0.2, -0.15) is 17.5 Å². The highest BCUT2D eigenvalue weighted by Crippen LogP contribution is 2.33. The first-order valence-electron chi connectivity index (χ1n) is 10.9. The second-order valence-electron chi connectivity index (χ2n) is 8.32. The molecule has 0 saturated carbocycles. The average molecular weight is 541 g/mol. The van der Waals surface area contributed by atoms with Crippen LogP contribution in [-0.2, 0) is 19.6 Å². The van der Waals surface area contributed by atoms with E-state index in [1.165, 1.54) is 22.6 Å². The Morgan fingerprint density at radius 1 is 1.22 bits per heavy atom. The Bertz CT molecular complexity index is 1040. The number of carbonyl (C=O) groups excluding carboxylic acids is 1. The Labute approximate surface area is 205 Å². The highest BCUT2D eigenvalue weighted by Gasteiger charge is 2.39. The van der Waals surface area contributed by atoms with E-state index in [1.54, 1.807) is 6.92 Å². The molecule has 1 aromatic heterocycles. The molecule has 0 unspecified atom stereocenters. The molecule has 0 spiro atoms. The predicted octanol–water partition coefficient (Wildman–Crippen LogP) is 1.78. The molecule has 0 aromatic carbocycles. The second-order valence-corrected chi connectivity index (χ2v) is 10.3. The van der Waals surface area contributed by atoms with Gasteiger partial charge in [0.2, 0.25) is 21.8 Å². The van der Waals surface area contributed by atoms with E-state index < -0.39 is 22.2 Å². The lowest BCUT2D eigenvalue weighted by molar-refractivity contribution is -0.192. The monoisotopic (exact) mass is 540 g/mol. The fourth-order valence-electron chi connectivity index (χ4n) is 3.71. The molecule has 1 aromatic rings. The van der Waals surface area contributed by atoms with Crippen LogP contribution in [0.3, 0.4) is 0 Å². The first-order chi connectivity index (χ1) is 16.8. The molecular weight excluding hydrogens is 512 g/mol. The zero-order chi connectivity index (χ0) is 27.1. The van der Waals surface area contributed by atoms with Gasteiger partial charge in [0.1, 0.15) is 11.5 Å². The number of pyridine rings is 1. The van der Waals surface area contributed by atoms with Crippen molar-refractivity contribution in [2.24, 2.45) is 17.6 Å². The number of nitrogens with two attached hydrogens (primary N) is 1. The minimum atomic E-state index is -5.08. The topological polar surface area (TPSA) is 143 Å². The van der Waals surface area contributed by atoms with Crippen molar-refractivity contribution < 1.29 is 45.4 Å². The van der Waals surface area contributed by atoms with Gasteiger partial charge in [-0.25, -0.2) is 22.6 Å². The minimum absolute atomic E-state index is 0.0343. The molecule has 2 saturated heterocycles. The van der Waals surface area contributed by atoms with Gasteiger partial charge in [-0.15, -0.1) is 0 Å². The van der Waals surface area contributed by atoms with E-state index in [4.69, 9.17) is 20.4 Å². The molecule has 2 aliphatic rings. The van der Waals surface area contributed by atoms with E-state index in [1.807, 2.05) is 4.90 Å². The minimum Gasteiger partial charge on any atom is -0.475 e. The summed E-state index contributed by atoms with van der Waals surface area (Å²) in [6, 6.07) is 2.90. The van der Waals surface area contributed by atoms with Gasteiger partial charge in [0, 0.05) is 51.3 Å². The van der Waals surface area contributed by atoms with Gasteiger partial charge in [-0.3, -0.25) is 4.79 Å². The predicted molar refractivity (Wildman–Crippen MR) is 119 cm³/mol. The highest BCUT2D eigenvalue weighted by molar-refractivity contribution is 7.89. The number of halogens is 4. The van der Waals surface area contributed by atoms with E-state index in [2.05, 4.69) is 4.98 Å². The maximum absolute atomic E-state index is 12.9. The van der Waals surface area contributed by atoms with Crippen LogP contribution in [0, 0.1) is 11.8 Å². The lowest BCUT2D eigenvalue weighted by Crippen LogP contribution is -2.53. The molecule has 0 radical (unpaired) electrons. The van der Waals surface area contributed by atoms with Crippen molar-refractivity contribution >= 4 is 21.9 Å². The van der Waals surface area contributed by atoms with Crippen LogP contribution in [0.1, 0.15) is 19.8 Å². The molecule has 0 bridgehead atoms. The van der Waals surface area contributed by atoms with Crippen LogP contribution in [0.5, 0.6) is 5.88 Å². The number of hydrogen-bond donors (Lipinski definition) is 2. The van der Waals surface area contributed by atoms with Gasteiger partial charge in [-0.05, 0) is 30.7 Å². The fourth-order valence-corrected chi connectivity index (χ4v) is 5.13. The van der Waals surface area contributed by atoms with Crippen LogP contribution in [0.2, 0.25) is 0 Å². The number of sulfonamides is 1. The highest BCUT2D eigenvalue weighted by atomic mass is 32.2. The number of amides is 1. The number of nitrogens with zero attached hydrogens (tertiary/aromatic N) is 3. The van der Waals surface area contributed by atoms with Gasteiger partial charge in [0.05, 0.1) is 12.5 Å². The maximum atomic E-state index is 12.9. The van der Waals surface area contributed by atoms with Crippen molar-refractivity contribution in [2.45, 2.75) is 30.8 Å². The molecule has 2 fully saturated rings. The standard InChI is InChI=1S/C19H27FN4O4S.C2HF3O2/c1-14(25)23-11-17(12-23)16-4-6-24(7-5-16)29(26,27)18-2-3-19(22-10-18)28-13-15(8-20)9-21;3-2(4,5)1(6)7/h2-3,8,10,16-17H,4-7,9,11-13,21H2,1H3;(H,6,7)/b15-8+;. The van der Waals surface area contributed by atoms with Crippen LogP contribution in [0.15, 0.2) is 35.1 Å². The van der Waals surface area contributed by atoms with Gasteiger partial charge in [0.15, 0.2) is 0 Å². The third-order valence-electron chi connectivity index (χ3n) is 5.93. The average Bonchev–Trinajstić information content (AvgIpc) is 2.79. The van der Waals surface area contributed by atoms with E-state index in [9.17, 15) is 30.8 Å². The van der Waals surface area contributed by atoms with Crippen molar-refractivity contribution in [3.05, 3.63) is 30.2 Å².